The number of halogens is 4. The Morgan fingerprint density at radius 3 is 2.67 bits per heavy atom. The third-order valence-electron chi connectivity index (χ3n) is 2.58. The summed E-state index contributed by atoms with van der Waals surface area (Å²) in [5.74, 6) is 0.381. The van der Waals surface area contributed by atoms with Crippen LogP contribution in [0.2, 0.25) is 0 Å². The van der Waals surface area contributed by atoms with Gasteiger partial charge in [-0.25, -0.2) is 4.98 Å². The number of rotatable bonds is 1. The summed E-state index contributed by atoms with van der Waals surface area (Å²) in [4.78, 5) is 3.65. The largest absolute Gasteiger partial charge is 0.435 e. The molecular formula is C9H10ClF3N2. The molecule has 0 N–H and O–H groups in total. The Balaban J connectivity index is 2.51. The van der Waals surface area contributed by atoms with Crippen LogP contribution in [0, 0.1) is 0 Å². The molecule has 1 aliphatic rings. The summed E-state index contributed by atoms with van der Waals surface area (Å²) >= 11 is 5.56. The summed E-state index contributed by atoms with van der Waals surface area (Å²) in [7, 11) is 0. The van der Waals surface area contributed by atoms with Crippen LogP contribution in [0.1, 0.15) is 30.1 Å². The maximum absolute atomic E-state index is 12.6. The van der Waals surface area contributed by atoms with E-state index in [9.17, 15) is 13.2 Å². The number of hydrogen-bond donors (Lipinski definition) is 0. The first kappa shape index (κ1) is 10.8. The van der Waals surface area contributed by atoms with Gasteiger partial charge in [0.25, 0.3) is 0 Å². The lowest BCUT2D eigenvalue weighted by atomic mass is 10.2. The Hall–Kier alpha value is -0.710. The van der Waals surface area contributed by atoms with Crippen molar-refractivity contribution in [1.29, 1.82) is 0 Å². The van der Waals surface area contributed by atoms with E-state index >= 15 is 0 Å². The van der Waals surface area contributed by atoms with Gasteiger partial charge in [-0.2, -0.15) is 13.2 Å². The van der Waals surface area contributed by atoms with Gasteiger partial charge in [0.1, 0.15) is 5.82 Å². The van der Waals surface area contributed by atoms with Crippen LogP contribution in [0.5, 0.6) is 0 Å². The second-order valence-corrected chi connectivity index (χ2v) is 3.83. The maximum atomic E-state index is 12.6. The molecular weight excluding hydrogens is 229 g/mol. The minimum absolute atomic E-state index is 0.110. The Morgan fingerprint density at radius 1 is 1.33 bits per heavy atom. The molecule has 6 heteroatoms. The topological polar surface area (TPSA) is 17.8 Å². The van der Waals surface area contributed by atoms with Crippen molar-refractivity contribution in [2.24, 2.45) is 0 Å². The smallest absolute Gasteiger partial charge is 0.330 e. The third-order valence-corrected chi connectivity index (χ3v) is 2.83. The van der Waals surface area contributed by atoms with Crippen molar-refractivity contribution in [2.45, 2.75) is 37.9 Å². The number of nitrogens with zero attached hydrogens (tertiary/aromatic N) is 2. The third kappa shape index (κ3) is 1.85. The van der Waals surface area contributed by atoms with Crippen molar-refractivity contribution in [2.75, 3.05) is 0 Å². The van der Waals surface area contributed by atoms with Crippen LogP contribution in [-0.4, -0.2) is 9.55 Å². The second-order valence-electron chi connectivity index (χ2n) is 3.56. The average Bonchev–Trinajstić information content (AvgIpc) is 2.55. The number of alkyl halides is 4. The van der Waals surface area contributed by atoms with Gasteiger partial charge in [0, 0.05) is 13.0 Å². The first-order chi connectivity index (χ1) is 7.04. The van der Waals surface area contributed by atoms with E-state index in [1.165, 1.54) is 0 Å². The van der Waals surface area contributed by atoms with Crippen molar-refractivity contribution >= 4 is 11.6 Å². The van der Waals surface area contributed by atoms with E-state index in [-0.39, 0.29) is 11.6 Å². The Bertz CT molecular complexity index is 370. The first-order valence-electron chi connectivity index (χ1n) is 4.75. The van der Waals surface area contributed by atoms with Crippen LogP contribution < -0.4 is 0 Å². The van der Waals surface area contributed by atoms with Crippen LogP contribution in [0.15, 0.2) is 0 Å². The molecule has 15 heavy (non-hydrogen) atoms. The summed E-state index contributed by atoms with van der Waals surface area (Å²) < 4.78 is 39.4. The van der Waals surface area contributed by atoms with Crippen molar-refractivity contribution in [3.63, 3.8) is 0 Å². The van der Waals surface area contributed by atoms with E-state index in [4.69, 9.17) is 11.6 Å². The van der Waals surface area contributed by atoms with E-state index < -0.39 is 11.9 Å². The van der Waals surface area contributed by atoms with Gasteiger partial charge in [-0.1, -0.05) is 0 Å². The molecule has 0 spiro atoms. The molecule has 0 amide bonds. The molecule has 1 aromatic heterocycles. The van der Waals surface area contributed by atoms with Crippen LogP contribution in [0.25, 0.3) is 0 Å². The van der Waals surface area contributed by atoms with Crippen LogP contribution in [0.3, 0.4) is 0 Å². The number of fused-ring (bicyclic) bond motifs is 1. The molecule has 0 radical (unpaired) electrons. The molecule has 1 aromatic rings. The molecule has 0 aliphatic carbocycles. The van der Waals surface area contributed by atoms with Gasteiger partial charge in [0.15, 0.2) is 5.69 Å². The minimum Gasteiger partial charge on any atom is -0.330 e. The Morgan fingerprint density at radius 2 is 2.07 bits per heavy atom. The van der Waals surface area contributed by atoms with E-state index in [1.807, 2.05) is 0 Å². The van der Waals surface area contributed by atoms with Crippen molar-refractivity contribution in [1.82, 2.24) is 9.55 Å². The van der Waals surface area contributed by atoms with E-state index in [0.29, 0.717) is 18.8 Å². The van der Waals surface area contributed by atoms with Gasteiger partial charge in [0.2, 0.25) is 0 Å². The quantitative estimate of drug-likeness (QED) is 0.688. The molecule has 2 nitrogen and oxygen atoms in total. The van der Waals surface area contributed by atoms with Crippen LogP contribution >= 0.6 is 11.6 Å². The maximum Gasteiger partial charge on any atom is 0.435 e. The highest BCUT2D eigenvalue weighted by Crippen LogP contribution is 2.34. The zero-order valence-electron chi connectivity index (χ0n) is 7.94. The van der Waals surface area contributed by atoms with Crippen LogP contribution in [-0.2, 0) is 25.0 Å². The summed E-state index contributed by atoms with van der Waals surface area (Å²) in [6.45, 7) is 0.598. The number of hydrogen-bond acceptors (Lipinski definition) is 1. The van der Waals surface area contributed by atoms with Crippen molar-refractivity contribution in [3.8, 4) is 0 Å². The average molecular weight is 239 g/mol. The summed E-state index contributed by atoms with van der Waals surface area (Å²) in [6.07, 6.45) is -1.99. The zero-order chi connectivity index (χ0) is 11.1. The van der Waals surface area contributed by atoms with Gasteiger partial charge in [-0.05, 0) is 12.8 Å². The summed E-state index contributed by atoms with van der Waals surface area (Å²) in [6, 6.07) is 0. The van der Waals surface area contributed by atoms with Gasteiger partial charge >= 0.3 is 6.18 Å². The van der Waals surface area contributed by atoms with E-state index in [0.717, 1.165) is 12.8 Å². The Kier molecular flexibility index (Phi) is 2.66. The fourth-order valence-corrected chi connectivity index (χ4v) is 2.18. The molecule has 84 valence electrons. The van der Waals surface area contributed by atoms with E-state index in [2.05, 4.69) is 4.98 Å². The zero-order valence-corrected chi connectivity index (χ0v) is 8.70. The second kappa shape index (κ2) is 3.70. The Labute approximate surface area is 90.1 Å². The minimum atomic E-state index is -4.39. The van der Waals surface area contributed by atoms with Gasteiger partial charge in [0.05, 0.1) is 11.6 Å². The predicted molar refractivity (Wildman–Crippen MR) is 49.7 cm³/mol. The monoisotopic (exact) mass is 238 g/mol. The standard InChI is InChI=1S/C9H10ClF3N2/c10-5-6-8(9(11,12)13)14-7-3-1-2-4-15(6)7/h1-5H2. The van der Waals surface area contributed by atoms with Crippen molar-refractivity contribution in [3.05, 3.63) is 17.2 Å². The lowest BCUT2D eigenvalue weighted by Crippen LogP contribution is -2.13. The lowest BCUT2D eigenvalue weighted by molar-refractivity contribution is -0.141. The van der Waals surface area contributed by atoms with Crippen molar-refractivity contribution < 1.29 is 13.2 Å². The highest BCUT2D eigenvalue weighted by Gasteiger charge is 2.38. The number of imidazole rings is 1. The number of aromatic nitrogens is 2. The predicted octanol–water partition coefficient (Wildman–Crippen LogP) is 2.98. The molecule has 0 saturated heterocycles. The highest BCUT2D eigenvalue weighted by atomic mass is 35.5. The molecule has 0 fully saturated rings. The first-order valence-corrected chi connectivity index (χ1v) is 5.29. The highest BCUT2D eigenvalue weighted by molar-refractivity contribution is 6.17. The molecule has 2 rings (SSSR count). The lowest BCUT2D eigenvalue weighted by Gasteiger charge is -2.15. The summed E-state index contributed by atoms with van der Waals surface area (Å²) in [5, 5.41) is 0. The molecule has 0 saturated carbocycles. The fraction of sp³-hybridized carbons (Fsp3) is 0.667. The van der Waals surface area contributed by atoms with Gasteiger partial charge in [-0.15, -0.1) is 11.6 Å². The SMILES string of the molecule is FC(F)(F)c1nc2n(c1CCl)CCCC2. The fourth-order valence-electron chi connectivity index (χ4n) is 1.91. The van der Waals surface area contributed by atoms with Crippen LogP contribution in [0.4, 0.5) is 13.2 Å². The van der Waals surface area contributed by atoms with Gasteiger partial charge < -0.3 is 4.57 Å². The van der Waals surface area contributed by atoms with E-state index in [1.54, 1.807) is 4.57 Å². The normalized spacial score (nSPS) is 16.5. The molecule has 0 bridgehead atoms. The number of aryl methyl sites for hydroxylation is 1. The van der Waals surface area contributed by atoms with Gasteiger partial charge in [-0.3, -0.25) is 0 Å². The molecule has 0 aromatic carbocycles. The molecule has 0 atom stereocenters. The molecule has 2 heterocycles. The molecule has 1 aliphatic heterocycles. The summed E-state index contributed by atoms with van der Waals surface area (Å²) in [5.41, 5.74) is -0.701. The molecule has 0 unspecified atom stereocenters.